The lowest BCUT2D eigenvalue weighted by Gasteiger charge is -2.27. The fourth-order valence-corrected chi connectivity index (χ4v) is 2.68. The fraction of sp³-hybridized carbons (Fsp3) is 0.294. The number of morpholine rings is 1. The lowest BCUT2D eigenvalue weighted by Crippen LogP contribution is -2.35. The van der Waals surface area contributed by atoms with E-state index in [1.165, 1.54) is 16.7 Å². The lowest BCUT2D eigenvalue weighted by atomic mass is 10.0. The Morgan fingerprint density at radius 2 is 1.70 bits per heavy atom. The highest BCUT2D eigenvalue weighted by Crippen LogP contribution is 2.26. The highest BCUT2D eigenvalue weighted by molar-refractivity contribution is 6.31. The highest BCUT2D eigenvalue weighted by atomic mass is 35.5. The van der Waals surface area contributed by atoms with Gasteiger partial charge in [0, 0.05) is 24.7 Å². The molecule has 0 unspecified atom stereocenters. The average molecular weight is 288 g/mol. The van der Waals surface area contributed by atoms with Crippen molar-refractivity contribution in [3.63, 3.8) is 0 Å². The van der Waals surface area contributed by atoms with Gasteiger partial charge in [-0.2, -0.15) is 0 Å². The molecule has 2 nitrogen and oxygen atoms in total. The number of nitrogens with zero attached hydrogens (tertiary/aromatic N) is 1. The van der Waals surface area contributed by atoms with Crippen LogP contribution in [0.5, 0.6) is 0 Å². The van der Waals surface area contributed by atoms with Gasteiger partial charge in [0.15, 0.2) is 0 Å². The molecule has 0 bridgehead atoms. The van der Waals surface area contributed by atoms with Crippen LogP contribution in [0, 0.1) is 0 Å². The van der Waals surface area contributed by atoms with Gasteiger partial charge in [-0.1, -0.05) is 48.0 Å². The summed E-state index contributed by atoms with van der Waals surface area (Å²) in [6, 6.07) is 16.7. The van der Waals surface area contributed by atoms with Crippen LogP contribution >= 0.6 is 11.6 Å². The maximum Gasteiger partial charge on any atom is 0.0594 e. The summed E-state index contributed by atoms with van der Waals surface area (Å²) in [5.41, 5.74) is 3.64. The molecule has 1 aliphatic rings. The van der Waals surface area contributed by atoms with E-state index in [2.05, 4.69) is 41.3 Å². The minimum atomic E-state index is 0.815. The Morgan fingerprint density at radius 1 is 0.950 bits per heavy atom. The molecule has 104 valence electrons. The first-order chi connectivity index (χ1) is 9.83. The minimum Gasteiger partial charge on any atom is -0.379 e. The molecule has 0 aliphatic carbocycles. The zero-order valence-electron chi connectivity index (χ0n) is 11.4. The molecule has 1 saturated heterocycles. The summed E-state index contributed by atoms with van der Waals surface area (Å²) < 4.78 is 5.39. The zero-order chi connectivity index (χ0) is 13.8. The molecule has 0 radical (unpaired) electrons. The minimum absolute atomic E-state index is 0.815. The van der Waals surface area contributed by atoms with Crippen molar-refractivity contribution < 1.29 is 4.74 Å². The lowest BCUT2D eigenvalue weighted by molar-refractivity contribution is 0.0342. The van der Waals surface area contributed by atoms with E-state index in [0.717, 1.165) is 37.9 Å². The van der Waals surface area contributed by atoms with Crippen molar-refractivity contribution in [2.45, 2.75) is 6.54 Å². The summed E-state index contributed by atoms with van der Waals surface area (Å²) in [7, 11) is 0. The van der Waals surface area contributed by atoms with E-state index in [4.69, 9.17) is 16.3 Å². The second kappa shape index (κ2) is 6.40. The molecule has 3 heteroatoms. The number of ether oxygens (including phenoxy) is 1. The predicted octanol–water partition coefficient (Wildman–Crippen LogP) is 3.84. The molecule has 0 atom stereocenters. The molecular weight excluding hydrogens is 270 g/mol. The van der Waals surface area contributed by atoms with Crippen molar-refractivity contribution in [2.24, 2.45) is 0 Å². The van der Waals surface area contributed by atoms with Crippen molar-refractivity contribution in [1.29, 1.82) is 0 Å². The molecule has 20 heavy (non-hydrogen) atoms. The third-order valence-electron chi connectivity index (χ3n) is 3.65. The molecular formula is C17H18ClNO. The number of hydrogen-bond donors (Lipinski definition) is 0. The number of rotatable bonds is 3. The molecule has 1 heterocycles. The van der Waals surface area contributed by atoms with E-state index in [1.807, 2.05) is 12.1 Å². The van der Waals surface area contributed by atoms with Crippen LogP contribution < -0.4 is 0 Å². The van der Waals surface area contributed by atoms with Crippen LogP contribution in [0.4, 0.5) is 0 Å². The van der Waals surface area contributed by atoms with Crippen LogP contribution in [0.3, 0.4) is 0 Å². The van der Waals surface area contributed by atoms with E-state index in [9.17, 15) is 0 Å². The molecule has 2 aromatic rings. The SMILES string of the molecule is Clc1ccc(-c2ccccc2)cc1CN1CCOCC1. The van der Waals surface area contributed by atoms with E-state index < -0.39 is 0 Å². The van der Waals surface area contributed by atoms with E-state index >= 15 is 0 Å². The predicted molar refractivity (Wildman–Crippen MR) is 83.0 cm³/mol. The van der Waals surface area contributed by atoms with E-state index in [1.54, 1.807) is 0 Å². The highest BCUT2D eigenvalue weighted by Gasteiger charge is 2.13. The van der Waals surface area contributed by atoms with Crippen molar-refractivity contribution in [2.75, 3.05) is 26.3 Å². The largest absolute Gasteiger partial charge is 0.379 e. The zero-order valence-corrected chi connectivity index (χ0v) is 12.1. The Morgan fingerprint density at radius 3 is 2.45 bits per heavy atom. The quantitative estimate of drug-likeness (QED) is 0.850. The van der Waals surface area contributed by atoms with Crippen LogP contribution in [-0.2, 0) is 11.3 Å². The summed E-state index contributed by atoms with van der Waals surface area (Å²) >= 11 is 6.34. The molecule has 0 amide bonds. The van der Waals surface area contributed by atoms with Gasteiger partial charge in [0.2, 0.25) is 0 Å². The molecule has 0 N–H and O–H groups in total. The average Bonchev–Trinajstić information content (AvgIpc) is 2.51. The van der Waals surface area contributed by atoms with Gasteiger partial charge in [-0.15, -0.1) is 0 Å². The Hall–Kier alpha value is -1.35. The number of hydrogen-bond acceptors (Lipinski definition) is 2. The van der Waals surface area contributed by atoms with Gasteiger partial charge in [-0.3, -0.25) is 4.90 Å². The number of halogens is 1. The third-order valence-corrected chi connectivity index (χ3v) is 4.02. The van der Waals surface area contributed by atoms with Gasteiger partial charge in [0.05, 0.1) is 13.2 Å². The van der Waals surface area contributed by atoms with Crippen LogP contribution in [0.1, 0.15) is 5.56 Å². The Kier molecular flexibility index (Phi) is 4.36. The van der Waals surface area contributed by atoms with Crippen LogP contribution in [0.2, 0.25) is 5.02 Å². The van der Waals surface area contributed by atoms with Crippen molar-refractivity contribution in [3.05, 3.63) is 59.1 Å². The van der Waals surface area contributed by atoms with Gasteiger partial charge in [0.1, 0.15) is 0 Å². The van der Waals surface area contributed by atoms with Crippen molar-refractivity contribution >= 4 is 11.6 Å². The summed E-state index contributed by atoms with van der Waals surface area (Å²) in [5.74, 6) is 0. The van der Waals surface area contributed by atoms with Gasteiger partial charge in [-0.05, 0) is 28.8 Å². The summed E-state index contributed by atoms with van der Waals surface area (Å²) in [5, 5.41) is 0.844. The monoisotopic (exact) mass is 287 g/mol. The van der Waals surface area contributed by atoms with E-state index in [0.29, 0.717) is 0 Å². The first kappa shape index (κ1) is 13.6. The maximum atomic E-state index is 6.34. The Labute approximate surface area is 124 Å². The van der Waals surface area contributed by atoms with Gasteiger partial charge in [-0.25, -0.2) is 0 Å². The fourth-order valence-electron chi connectivity index (χ4n) is 2.51. The first-order valence-electron chi connectivity index (χ1n) is 6.97. The number of benzene rings is 2. The molecule has 1 aliphatic heterocycles. The topological polar surface area (TPSA) is 12.5 Å². The van der Waals surface area contributed by atoms with Gasteiger partial charge >= 0.3 is 0 Å². The van der Waals surface area contributed by atoms with Crippen LogP contribution in [0.15, 0.2) is 48.5 Å². The molecule has 3 rings (SSSR count). The second-order valence-electron chi connectivity index (χ2n) is 5.06. The van der Waals surface area contributed by atoms with Crippen LogP contribution in [-0.4, -0.2) is 31.2 Å². The molecule has 0 saturated carbocycles. The standard InChI is InChI=1S/C17H18ClNO/c18-17-7-6-15(14-4-2-1-3-5-14)12-16(17)13-19-8-10-20-11-9-19/h1-7,12H,8-11,13H2. The first-order valence-corrected chi connectivity index (χ1v) is 7.35. The summed E-state index contributed by atoms with van der Waals surface area (Å²) in [6.45, 7) is 4.48. The third kappa shape index (κ3) is 3.21. The van der Waals surface area contributed by atoms with Gasteiger partial charge in [0.25, 0.3) is 0 Å². The van der Waals surface area contributed by atoms with Crippen molar-refractivity contribution in [1.82, 2.24) is 4.90 Å². The van der Waals surface area contributed by atoms with Crippen molar-refractivity contribution in [3.8, 4) is 11.1 Å². The summed E-state index contributed by atoms with van der Waals surface area (Å²) in [6.07, 6.45) is 0. The smallest absolute Gasteiger partial charge is 0.0594 e. The maximum absolute atomic E-state index is 6.34. The Balaban J connectivity index is 1.83. The normalized spacial score (nSPS) is 16.2. The van der Waals surface area contributed by atoms with E-state index in [-0.39, 0.29) is 0 Å². The second-order valence-corrected chi connectivity index (χ2v) is 5.47. The molecule has 0 aromatic heterocycles. The molecule has 2 aromatic carbocycles. The molecule has 0 spiro atoms. The molecule has 1 fully saturated rings. The van der Waals surface area contributed by atoms with Crippen LogP contribution in [0.25, 0.3) is 11.1 Å². The van der Waals surface area contributed by atoms with Gasteiger partial charge < -0.3 is 4.74 Å². The Bertz CT molecular complexity index is 564. The summed E-state index contributed by atoms with van der Waals surface area (Å²) in [4.78, 5) is 2.39.